The number of nitrogens with zero attached hydrogens (tertiary/aromatic N) is 1. The fraction of sp³-hybridized carbons (Fsp3) is 0.333. The number of hydrogen-bond donors (Lipinski definition) is 1. The van der Waals surface area contributed by atoms with Crippen LogP contribution in [0.1, 0.15) is 34.9 Å². The summed E-state index contributed by atoms with van der Waals surface area (Å²) >= 11 is 1.82. The highest BCUT2D eigenvalue weighted by Gasteiger charge is 2.21. The maximum absolute atomic E-state index is 10.8. The highest BCUT2D eigenvalue weighted by molar-refractivity contribution is 7.10. The lowest BCUT2D eigenvalue weighted by Gasteiger charge is -2.24. The van der Waals surface area contributed by atoms with Crippen molar-refractivity contribution in [3.8, 4) is 0 Å². The van der Waals surface area contributed by atoms with E-state index in [1.807, 2.05) is 17.4 Å². The first-order valence-electron chi connectivity index (χ1n) is 6.73. The monoisotopic (exact) mass is 288 g/mol. The maximum Gasteiger partial charge on any atom is 0.272 e. The van der Waals surface area contributed by atoms with E-state index in [1.165, 1.54) is 23.3 Å². The van der Waals surface area contributed by atoms with Gasteiger partial charge in [-0.1, -0.05) is 0 Å². The van der Waals surface area contributed by atoms with Gasteiger partial charge in [-0.15, -0.1) is 11.3 Å². The molecule has 0 saturated heterocycles. The van der Waals surface area contributed by atoms with Gasteiger partial charge in [-0.05, 0) is 55.3 Å². The van der Waals surface area contributed by atoms with Crippen molar-refractivity contribution in [3.63, 3.8) is 0 Å². The Morgan fingerprint density at radius 1 is 1.40 bits per heavy atom. The first-order valence-corrected chi connectivity index (χ1v) is 7.61. The third-order valence-corrected chi connectivity index (χ3v) is 4.78. The predicted molar refractivity (Wildman–Crippen MR) is 81.5 cm³/mol. The molecule has 0 amide bonds. The summed E-state index contributed by atoms with van der Waals surface area (Å²) in [6.07, 6.45) is 3.47. The van der Waals surface area contributed by atoms with Gasteiger partial charge < -0.3 is 5.32 Å². The third kappa shape index (κ3) is 2.41. The van der Waals surface area contributed by atoms with Crippen LogP contribution in [0.4, 0.5) is 11.4 Å². The van der Waals surface area contributed by atoms with Crippen molar-refractivity contribution < 1.29 is 4.92 Å². The lowest BCUT2D eigenvalue weighted by molar-refractivity contribution is -0.385. The average molecular weight is 288 g/mol. The second-order valence-electron chi connectivity index (χ2n) is 5.15. The number of aryl methyl sites for hydroxylation is 2. The molecule has 2 aromatic rings. The van der Waals surface area contributed by atoms with Crippen LogP contribution in [0.2, 0.25) is 0 Å². The average Bonchev–Trinajstić information content (AvgIpc) is 2.87. The zero-order valence-corrected chi connectivity index (χ0v) is 12.1. The van der Waals surface area contributed by atoms with E-state index in [0.717, 1.165) is 12.1 Å². The predicted octanol–water partition coefficient (Wildman–Crippen LogP) is 4.45. The molecule has 0 bridgehead atoms. The van der Waals surface area contributed by atoms with Crippen LogP contribution in [0, 0.1) is 17.0 Å². The summed E-state index contributed by atoms with van der Waals surface area (Å²) in [6, 6.07) is 7.75. The van der Waals surface area contributed by atoms with Crippen LogP contribution in [-0.4, -0.2) is 4.92 Å². The van der Waals surface area contributed by atoms with Gasteiger partial charge in [0.1, 0.15) is 0 Å². The molecule has 3 rings (SSSR count). The number of hydrogen-bond acceptors (Lipinski definition) is 4. The van der Waals surface area contributed by atoms with Crippen LogP contribution < -0.4 is 5.32 Å². The topological polar surface area (TPSA) is 55.2 Å². The summed E-state index contributed by atoms with van der Waals surface area (Å²) in [6.45, 7) is 1.78. The quantitative estimate of drug-likeness (QED) is 0.670. The van der Waals surface area contributed by atoms with Crippen molar-refractivity contribution >= 4 is 22.7 Å². The Morgan fingerprint density at radius 2 is 2.25 bits per heavy atom. The molecule has 0 aliphatic heterocycles. The fourth-order valence-corrected chi connectivity index (χ4v) is 3.78. The lowest BCUT2D eigenvalue weighted by Crippen LogP contribution is -2.15. The van der Waals surface area contributed by atoms with Gasteiger partial charge in [-0.2, -0.15) is 0 Å². The van der Waals surface area contributed by atoms with E-state index in [-0.39, 0.29) is 10.6 Å². The Balaban J connectivity index is 1.83. The summed E-state index contributed by atoms with van der Waals surface area (Å²) in [4.78, 5) is 12.0. The van der Waals surface area contributed by atoms with Crippen molar-refractivity contribution in [1.29, 1.82) is 0 Å². The second-order valence-corrected chi connectivity index (χ2v) is 6.15. The van der Waals surface area contributed by atoms with Crippen LogP contribution in [0.5, 0.6) is 0 Å². The summed E-state index contributed by atoms with van der Waals surface area (Å²) < 4.78 is 0. The number of anilines is 1. The van der Waals surface area contributed by atoms with Crippen molar-refractivity contribution in [2.75, 3.05) is 5.32 Å². The van der Waals surface area contributed by atoms with Gasteiger partial charge in [-0.3, -0.25) is 10.1 Å². The number of nitrogens with one attached hydrogen (secondary N) is 1. The van der Waals surface area contributed by atoms with Crippen molar-refractivity contribution in [1.82, 2.24) is 0 Å². The van der Waals surface area contributed by atoms with Crippen LogP contribution in [0.15, 0.2) is 29.6 Å². The molecule has 0 fully saturated rings. The first kappa shape index (κ1) is 13.1. The molecule has 1 aromatic heterocycles. The molecule has 5 heteroatoms. The molecule has 1 heterocycles. The van der Waals surface area contributed by atoms with Gasteiger partial charge in [0.2, 0.25) is 0 Å². The van der Waals surface area contributed by atoms with E-state index in [0.29, 0.717) is 11.6 Å². The maximum atomic E-state index is 10.8. The number of nitro groups is 1. The van der Waals surface area contributed by atoms with E-state index in [2.05, 4.69) is 16.8 Å². The van der Waals surface area contributed by atoms with Gasteiger partial charge in [0, 0.05) is 22.2 Å². The molecule has 1 aromatic carbocycles. The molecule has 0 radical (unpaired) electrons. The molecular formula is C15H16N2O2S. The Bertz CT molecular complexity index is 651. The molecule has 4 nitrogen and oxygen atoms in total. The van der Waals surface area contributed by atoms with Gasteiger partial charge in [0.05, 0.1) is 11.0 Å². The molecule has 20 heavy (non-hydrogen) atoms. The summed E-state index contributed by atoms with van der Waals surface area (Å²) in [5.74, 6) is 0. The molecule has 104 valence electrons. The van der Waals surface area contributed by atoms with Crippen LogP contribution in [0.3, 0.4) is 0 Å². The van der Waals surface area contributed by atoms with Gasteiger partial charge in [-0.25, -0.2) is 0 Å². The lowest BCUT2D eigenvalue weighted by atomic mass is 9.94. The largest absolute Gasteiger partial charge is 0.378 e. The van der Waals surface area contributed by atoms with Gasteiger partial charge >= 0.3 is 0 Å². The van der Waals surface area contributed by atoms with Crippen molar-refractivity contribution in [2.45, 2.75) is 32.2 Å². The minimum atomic E-state index is -0.337. The smallest absolute Gasteiger partial charge is 0.272 e. The standard InChI is InChI=1S/C15H16N2O2S/c1-10-9-11(5-6-14(10)17(18)19)16-13-3-2-4-15-12(13)7-8-20-15/h5-9,13,16H,2-4H2,1H3. The number of benzene rings is 1. The fourth-order valence-electron chi connectivity index (χ4n) is 2.79. The Morgan fingerprint density at radius 3 is 3.00 bits per heavy atom. The van der Waals surface area contributed by atoms with Crippen molar-refractivity contribution in [2.24, 2.45) is 0 Å². The minimum absolute atomic E-state index is 0.176. The highest BCUT2D eigenvalue weighted by Crippen LogP contribution is 2.36. The molecular weight excluding hydrogens is 272 g/mol. The van der Waals surface area contributed by atoms with Crippen LogP contribution in [-0.2, 0) is 6.42 Å². The van der Waals surface area contributed by atoms with Crippen LogP contribution in [0.25, 0.3) is 0 Å². The zero-order valence-electron chi connectivity index (χ0n) is 11.3. The van der Waals surface area contributed by atoms with Crippen LogP contribution >= 0.6 is 11.3 Å². The second kappa shape index (κ2) is 5.25. The van der Waals surface area contributed by atoms with Crippen molar-refractivity contribution in [3.05, 3.63) is 55.8 Å². The highest BCUT2D eigenvalue weighted by atomic mass is 32.1. The van der Waals surface area contributed by atoms with E-state index < -0.39 is 0 Å². The normalized spacial score (nSPS) is 17.6. The number of rotatable bonds is 3. The number of thiophene rings is 1. The van der Waals surface area contributed by atoms with Gasteiger partial charge in [0.25, 0.3) is 5.69 Å². The molecule has 1 N–H and O–H groups in total. The first-order chi connectivity index (χ1) is 9.65. The molecule has 0 spiro atoms. The Labute approximate surface area is 121 Å². The molecule has 1 atom stereocenters. The summed E-state index contributed by atoms with van der Waals surface area (Å²) in [7, 11) is 0. The summed E-state index contributed by atoms with van der Waals surface area (Å²) in [5.41, 5.74) is 3.21. The van der Waals surface area contributed by atoms with E-state index in [4.69, 9.17) is 0 Å². The molecule has 1 aliphatic carbocycles. The molecule has 0 saturated carbocycles. The number of fused-ring (bicyclic) bond motifs is 1. The Kier molecular flexibility index (Phi) is 3.44. The molecule has 1 unspecified atom stereocenters. The minimum Gasteiger partial charge on any atom is -0.378 e. The number of nitro benzene ring substituents is 1. The zero-order chi connectivity index (χ0) is 14.1. The summed E-state index contributed by atoms with van der Waals surface area (Å²) in [5, 5.41) is 16.5. The van der Waals surface area contributed by atoms with E-state index in [1.54, 1.807) is 19.1 Å². The van der Waals surface area contributed by atoms with E-state index in [9.17, 15) is 10.1 Å². The van der Waals surface area contributed by atoms with Gasteiger partial charge in [0.15, 0.2) is 0 Å². The van der Waals surface area contributed by atoms with E-state index >= 15 is 0 Å². The Hall–Kier alpha value is -1.88. The molecule has 1 aliphatic rings. The SMILES string of the molecule is Cc1cc(NC2CCCc3sccc32)ccc1[N+](=O)[O-]. The third-order valence-electron chi connectivity index (χ3n) is 3.79.